The van der Waals surface area contributed by atoms with E-state index in [1.165, 1.54) is 0 Å². The Morgan fingerprint density at radius 2 is 2.04 bits per heavy atom. The van der Waals surface area contributed by atoms with Crippen LogP contribution in [0.15, 0.2) is 30.5 Å². The Balaban J connectivity index is 1.67. The maximum absolute atomic E-state index is 11.8. The van der Waals surface area contributed by atoms with Crippen molar-refractivity contribution in [1.82, 2.24) is 19.7 Å². The molecule has 4 rings (SSSR count). The fraction of sp³-hybridized carbons (Fsp3) is 0.368. The van der Waals surface area contributed by atoms with Crippen LogP contribution in [0.1, 0.15) is 36.2 Å². The van der Waals surface area contributed by atoms with Crippen molar-refractivity contribution in [2.75, 3.05) is 10.6 Å². The van der Waals surface area contributed by atoms with Crippen molar-refractivity contribution in [1.29, 1.82) is 0 Å². The number of carbonyl (C=O) groups excluding carboxylic acids is 1. The van der Waals surface area contributed by atoms with Gasteiger partial charge in [0.1, 0.15) is 0 Å². The number of aryl methyl sites for hydroxylation is 1. The second-order valence-corrected chi connectivity index (χ2v) is 7.19. The molecule has 1 unspecified atom stereocenters. The van der Waals surface area contributed by atoms with Gasteiger partial charge >= 0.3 is 0 Å². The van der Waals surface area contributed by atoms with Crippen LogP contribution in [0.4, 0.5) is 17.5 Å². The zero-order valence-electron chi connectivity index (χ0n) is 15.7. The van der Waals surface area contributed by atoms with Gasteiger partial charge in [-0.25, -0.2) is 0 Å². The molecule has 1 amide bonds. The fourth-order valence-electron chi connectivity index (χ4n) is 3.68. The molecular weight excluding hydrogens is 356 g/mol. The van der Waals surface area contributed by atoms with Gasteiger partial charge in [0.25, 0.3) is 5.91 Å². The van der Waals surface area contributed by atoms with Gasteiger partial charge in [-0.3, -0.25) is 4.79 Å². The number of nitrogens with one attached hydrogen (secondary N) is 2. The minimum Gasteiger partial charge on any atom is -0.364 e. The summed E-state index contributed by atoms with van der Waals surface area (Å²) in [6.07, 6.45) is 6.13. The van der Waals surface area contributed by atoms with Crippen LogP contribution in [0.25, 0.3) is 10.9 Å². The van der Waals surface area contributed by atoms with E-state index in [0.29, 0.717) is 5.95 Å². The quantitative estimate of drug-likeness (QED) is 0.530. The van der Waals surface area contributed by atoms with Gasteiger partial charge in [0.2, 0.25) is 5.95 Å². The standard InChI is InChI=1S/C19H24N8O/c1-27-10-9-11-13(7-4-8-15(11)27)22-18-16(17(21)28)25-26-19(24-18)23-14-6-3-2-5-12(14)20/h4,7-10,12,14H,2-3,5-6,20H2,1H3,(H2,21,28)(H2,22,23,24,26)/t12-,14?/m0/s1. The Labute approximate surface area is 162 Å². The lowest BCUT2D eigenvalue weighted by atomic mass is 9.91. The van der Waals surface area contributed by atoms with E-state index in [9.17, 15) is 4.79 Å². The van der Waals surface area contributed by atoms with Crippen LogP contribution >= 0.6 is 0 Å². The number of amides is 1. The average Bonchev–Trinajstić information content (AvgIpc) is 3.06. The molecule has 28 heavy (non-hydrogen) atoms. The number of hydrogen-bond acceptors (Lipinski definition) is 7. The molecule has 2 aromatic heterocycles. The first-order valence-corrected chi connectivity index (χ1v) is 9.40. The second kappa shape index (κ2) is 7.43. The van der Waals surface area contributed by atoms with E-state index in [1.54, 1.807) is 0 Å². The lowest BCUT2D eigenvalue weighted by molar-refractivity contribution is 0.0995. The summed E-state index contributed by atoms with van der Waals surface area (Å²) in [4.78, 5) is 16.3. The van der Waals surface area contributed by atoms with Gasteiger partial charge in [0.05, 0.1) is 0 Å². The van der Waals surface area contributed by atoms with Crippen LogP contribution < -0.4 is 22.1 Å². The summed E-state index contributed by atoms with van der Waals surface area (Å²) in [6.45, 7) is 0. The summed E-state index contributed by atoms with van der Waals surface area (Å²) < 4.78 is 2.02. The summed E-state index contributed by atoms with van der Waals surface area (Å²) in [5.74, 6) is -0.0931. The maximum atomic E-state index is 11.8. The molecule has 1 saturated carbocycles. The van der Waals surface area contributed by atoms with Gasteiger partial charge < -0.3 is 26.7 Å². The van der Waals surface area contributed by atoms with Gasteiger partial charge in [-0.15, -0.1) is 10.2 Å². The number of nitrogens with zero attached hydrogens (tertiary/aromatic N) is 4. The Morgan fingerprint density at radius 3 is 2.82 bits per heavy atom. The highest BCUT2D eigenvalue weighted by molar-refractivity contribution is 5.99. The van der Waals surface area contributed by atoms with Gasteiger partial charge in [0.15, 0.2) is 11.5 Å². The molecule has 0 spiro atoms. The number of primary amides is 1. The van der Waals surface area contributed by atoms with Crippen LogP contribution in [-0.2, 0) is 7.05 Å². The lowest BCUT2D eigenvalue weighted by Gasteiger charge is -2.29. The van der Waals surface area contributed by atoms with Crippen molar-refractivity contribution in [3.05, 3.63) is 36.2 Å². The van der Waals surface area contributed by atoms with Gasteiger partial charge in [-0.05, 0) is 31.0 Å². The number of carbonyl (C=O) groups is 1. The highest BCUT2D eigenvalue weighted by atomic mass is 16.1. The number of aromatic nitrogens is 4. The highest BCUT2D eigenvalue weighted by Gasteiger charge is 2.23. The SMILES string of the molecule is Cn1ccc2c(Nc3nc(NC4CCCC[C@@H]4N)nnc3C(N)=O)cccc21. The Hall–Kier alpha value is -3.20. The average molecular weight is 380 g/mol. The van der Waals surface area contributed by atoms with Crippen molar-refractivity contribution in [2.24, 2.45) is 18.5 Å². The van der Waals surface area contributed by atoms with Crippen molar-refractivity contribution < 1.29 is 4.79 Å². The zero-order chi connectivity index (χ0) is 19.7. The van der Waals surface area contributed by atoms with Crippen molar-refractivity contribution in [2.45, 2.75) is 37.8 Å². The van der Waals surface area contributed by atoms with Crippen LogP contribution in [0.3, 0.4) is 0 Å². The predicted octanol–water partition coefficient (Wildman–Crippen LogP) is 1.89. The molecule has 2 atom stereocenters. The molecule has 146 valence electrons. The van der Waals surface area contributed by atoms with E-state index in [4.69, 9.17) is 11.5 Å². The van der Waals surface area contributed by atoms with E-state index < -0.39 is 5.91 Å². The van der Waals surface area contributed by atoms with Gasteiger partial charge in [-0.1, -0.05) is 18.9 Å². The molecule has 1 aliphatic carbocycles. The molecule has 0 bridgehead atoms. The van der Waals surface area contributed by atoms with Crippen LogP contribution in [0, 0.1) is 0 Å². The fourth-order valence-corrected chi connectivity index (χ4v) is 3.68. The lowest BCUT2D eigenvalue weighted by Crippen LogP contribution is -2.43. The molecule has 9 heteroatoms. The largest absolute Gasteiger partial charge is 0.364 e. The maximum Gasteiger partial charge on any atom is 0.273 e. The van der Waals surface area contributed by atoms with E-state index in [1.807, 2.05) is 42.1 Å². The molecular formula is C19H24N8O. The molecule has 3 aromatic rings. The van der Waals surface area contributed by atoms with E-state index in [-0.39, 0.29) is 23.6 Å². The molecule has 9 nitrogen and oxygen atoms in total. The summed E-state index contributed by atoms with van der Waals surface area (Å²) in [6, 6.07) is 7.99. The first kappa shape index (κ1) is 18.2. The summed E-state index contributed by atoms with van der Waals surface area (Å²) in [5.41, 5.74) is 13.5. The van der Waals surface area contributed by atoms with Crippen molar-refractivity contribution in [3.63, 3.8) is 0 Å². The topological polar surface area (TPSA) is 137 Å². The molecule has 2 heterocycles. The second-order valence-electron chi connectivity index (χ2n) is 7.19. The minimum atomic E-state index is -0.691. The molecule has 1 fully saturated rings. The summed E-state index contributed by atoms with van der Waals surface area (Å²) in [5, 5.41) is 15.5. The first-order valence-electron chi connectivity index (χ1n) is 9.40. The molecule has 1 aromatic carbocycles. The van der Waals surface area contributed by atoms with Crippen LogP contribution in [-0.4, -0.2) is 37.7 Å². The summed E-state index contributed by atoms with van der Waals surface area (Å²) >= 11 is 0. The van der Waals surface area contributed by atoms with E-state index in [2.05, 4.69) is 25.8 Å². The van der Waals surface area contributed by atoms with E-state index >= 15 is 0 Å². The third-order valence-corrected chi connectivity index (χ3v) is 5.24. The Bertz CT molecular complexity index is 1010. The predicted molar refractivity (Wildman–Crippen MR) is 108 cm³/mol. The molecule has 0 saturated heterocycles. The number of nitrogens with two attached hydrogens (primary N) is 2. The smallest absolute Gasteiger partial charge is 0.273 e. The van der Waals surface area contributed by atoms with Gasteiger partial charge in [0, 0.05) is 41.9 Å². The van der Waals surface area contributed by atoms with Gasteiger partial charge in [-0.2, -0.15) is 4.98 Å². The van der Waals surface area contributed by atoms with E-state index in [0.717, 1.165) is 42.3 Å². The molecule has 0 aliphatic heterocycles. The molecule has 0 radical (unpaired) electrons. The number of hydrogen-bond donors (Lipinski definition) is 4. The number of anilines is 3. The summed E-state index contributed by atoms with van der Waals surface area (Å²) in [7, 11) is 1.97. The first-order chi connectivity index (χ1) is 13.5. The van der Waals surface area contributed by atoms with Crippen LogP contribution in [0.5, 0.6) is 0 Å². The Morgan fingerprint density at radius 1 is 1.21 bits per heavy atom. The number of benzene rings is 1. The van der Waals surface area contributed by atoms with Crippen molar-refractivity contribution in [3.8, 4) is 0 Å². The highest BCUT2D eigenvalue weighted by Crippen LogP contribution is 2.28. The zero-order valence-corrected chi connectivity index (χ0v) is 15.7. The normalized spacial score (nSPS) is 19.5. The monoisotopic (exact) mass is 380 g/mol. The number of rotatable bonds is 5. The Kier molecular flexibility index (Phi) is 4.82. The van der Waals surface area contributed by atoms with Crippen LogP contribution in [0.2, 0.25) is 0 Å². The molecule has 1 aliphatic rings. The number of fused-ring (bicyclic) bond motifs is 1. The third kappa shape index (κ3) is 3.48. The minimum absolute atomic E-state index is 0.00794. The molecule has 6 N–H and O–H groups in total. The third-order valence-electron chi connectivity index (χ3n) is 5.24. The van der Waals surface area contributed by atoms with Crippen molar-refractivity contribution >= 4 is 34.3 Å².